The van der Waals surface area contributed by atoms with Gasteiger partial charge in [-0.1, -0.05) is 6.92 Å². The summed E-state index contributed by atoms with van der Waals surface area (Å²) in [6.07, 6.45) is 1.02. The van der Waals surface area contributed by atoms with Gasteiger partial charge in [-0.25, -0.2) is 14.6 Å². The van der Waals surface area contributed by atoms with Gasteiger partial charge in [-0.05, 0) is 19.3 Å². The standard InChI is InChI=1S/C8H12O4/c1-5-3-8(6(9)10)4-7(5,2)11-12-8/h5H,3-4H2,1-2H3,(H,9,10). The molecular weight excluding hydrogens is 160 g/mol. The third-order valence-corrected chi connectivity index (χ3v) is 3.10. The van der Waals surface area contributed by atoms with Crippen molar-refractivity contribution in [3.05, 3.63) is 0 Å². The third-order valence-electron chi connectivity index (χ3n) is 3.10. The van der Waals surface area contributed by atoms with E-state index in [0.717, 1.165) is 0 Å². The third kappa shape index (κ3) is 0.765. The van der Waals surface area contributed by atoms with Crippen LogP contribution >= 0.6 is 0 Å². The normalized spacial score (nSPS) is 51.3. The maximum absolute atomic E-state index is 10.9. The minimum absolute atomic E-state index is 0.252. The molecule has 12 heavy (non-hydrogen) atoms. The van der Waals surface area contributed by atoms with Crippen LogP contribution in [0.1, 0.15) is 26.7 Å². The molecule has 1 aliphatic heterocycles. The van der Waals surface area contributed by atoms with Crippen molar-refractivity contribution in [2.24, 2.45) is 5.92 Å². The Morgan fingerprint density at radius 3 is 2.50 bits per heavy atom. The molecule has 1 saturated carbocycles. The molecule has 1 heterocycles. The lowest BCUT2D eigenvalue weighted by atomic mass is 9.95. The topological polar surface area (TPSA) is 55.8 Å². The largest absolute Gasteiger partial charge is 0.479 e. The smallest absolute Gasteiger partial charge is 0.339 e. The van der Waals surface area contributed by atoms with Gasteiger partial charge in [0.05, 0.1) is 0 Å². The Bertz CT molecular complexity index is 239. The van der Waals surface area contributed by atoms with Crippen LogP contribution in [-0.4, -0.2) is 22.3 Å². The molecule has 1 N–H and O–H groups in total. The summed E-state index contributed by atoms with van der Waals surface area (Å²) in [6.45, 7) is 3.89. The van der Waals surface area contributed by atoms with Gasteiger partial charge in [0.2, 0.25) is 5.60 Å². The average molecular weight is 172 g/mol. The van der Waals surface area contributed by atoms with Crippen LogP contribution in [0, 0.1) is 5.92 Å². The molecule has 0 radical (unpaired) electrons. The quantitative estimate of drug-likeness (QED) is 0.598. The van der Waals surface area contributed by atoms with Crippen molar-refractivity contribution >= 4 is 5.97 Å². The molecule has 1 saturated heterocycles. The molecule has 3 unspecified atom stereocenters. The maximum atomic E-state index is 10.9. The summed E-state index contributed by atoms with van der Waals surface area (Å²) >= 11 is 0. The summed E-state index contributed by atoms with van der Waals surface area (Å²) in [5.41, 5.74) is -1.45. The zero-order chi connectivity index (χ0) is 8.98. The van der Waals surface area contributed by atoms with Crippen LogP contribution in [0.25, 0.3) is 0 Å². The zero-order valence-corrected chi connectivity index (χ0v) is 7.16. The molecule has 4 nitrogen and oxygen atoms in total. The fraction of sp³-hybridized carbons (Fsp3) is 0.875. The molecule has 0 aromatic carbocycles. The molecule has 0 aromatic rings. The number of aliphatic carboxylic acids is 1. The number of fused-ring (bicyclic) bond motifs is 2. The summed E-state index contributed by atoms with van der Waals surface area (Å²) in [4.78, 5) is 20.8. The average Bonchev–Trinajstić information content (AvgIpc) is 2.41. The van der Waals surface area contributed by atoms with E-state index >= 15 is 0 Å². The van der Waals surface area contributed by atoms with E-state index in [1.807, 2.05) is 13.8 Å². The highest BCUT2D eigenvalue weighted by Crippen LogP contribution is 2.52. The Kier molecular flexibility index (Phi) is 1.34. The van der Waals surface area contributed by atoms with Crippen LogP contribution in [0.5, 0.6) is 0 Å². The zero-order valence-electron chi connectivity index (χ0n) is 7.16. The molecule has 0 aromatic heterocycles. The second-order valence-electron chi connectivity index (χ2n) is 4.06. The number of rotatable bonds is 1. The van der Waals surface area contributed by atoms with E-state index in [0.29, 0.717) is 12.8 Å². The van der Waals surface area contributed by atoms with E-state index < -0.39 is 17.2 Å². The molecule has 68 valence electrons. The first-order chi connectivity index (χ1) is 5.49. The molecule has 0 amide bonds. The van der Waals surface area contributed by atoms with Crippen molar-refractivity contribution in [1.82, 2.24) is 0 Å². The molecule has 0 spiro atoms. The van der Waals surface area contributed by atoms with E-state index in [4.69, 9.17) is 14.9 Å². The fourth-order valence-electron chi connectivity index (χ4n) is 2.07. The predicted molar refractivity (Wildman–Crippen MR) is 39.3 cm³/mol. The second kappa shape index (κ2) is 2.00. The van der Waals surface area contributed by atoms with Gasteiger partial charge in [-0.15, -0.1) is 0 Å². The lowest BCUT2D eigenvalue weighted by molar-refractivity contribution is -0.375. The lowest BCUT2D eigenvalue weighted by Gasteiger charge is -2.28. The molecule has 3 atom stereocenters. The summed E-state index contributed by atoms with van der Waals surface area (Å²) < 4.78 is 0. The summed E-state index contributed by atoms with van der Waals surface area (Å²) in [5.74, 6) is -0.655. The highest BCUT2D eigenvalue weighted by molar-refractivity contribution is 5.78. The van der Waals surface area contributed by atoms with Crippen molar-refractivity contribution in [1.29, 1.82) is 0 Å². The van der Waals surface area contributed by atoms with E-state index in [1.54, 1.807) is 0 Å². The SMILES string of the molecule is CC1CC2(C(=O)O)CC1(C)OO2. The van der Waals surface area contributed by atoms with Crippen molar-refractivity contribution in [3.63, 3.8) is 0 Å². The Morgan fingerprint density at radius 1 is 1.58 bits per heavy atom. The molecule has 1 aliphatic carbocycles. The van der Waals surface area contributed by atoms with Gasteiger partial charge < -0.3 is 5.11 Å². The first kappa shape index (κ1) is 8.01. The van der Waals surface area contributed by atoms with Crippen LogP contribution < -0.4 is 0 Å². The predicted octanol–water partition coefficient (Wildman–Crippen LogP) is 0.960. The summed E-state index contributed by atoms with van der Waals surface area (Å²) in [6, 6.07) is 0. The van der Waals surface area contributed by atoms with Crippen LogP contribution in [-0.2, 0) is 14.6 Å². The summed E-state index contributed by atoms with van der Waals surface area (Å²) in [7, 11) is 0. The van der Waals surface area contributed by atoms with Gasteiger partial charge in [-0.2, -0.15) is 0 Å². The van der Waals surface area contributed by atoms with Crippen molar-refractivity contribution in [2.45, 2.75) is 37.9 Å². The van der Waals surface area contributed by atoms with E-state index in [9.17, 15) is 4.79 Å². The Labute approximate surface area is 70.4 Å². The van der Waals surface area contributed by atoms with Crippen molar-refractivity contribution in [2.75, 3.05) is 0 Å². The number of carboxylic acid groups (broad SMARTS) is 1. The number of carboxylic acids is 1. The fourth-order valence-corrected chi connectivity index (χ4v) is 2.07. The number of carbonyl (C=O) groups is 1. The molecule has 2 aliphatic rings. The highest BCUT2D eigenvalue weighted by Gasteiger charge is 2.64. The van der Waals surface area contributed by atoms with Gasteiger partial charge >= 0.3 is 5.97 Å². The van der Waals surface area contributed by atoms with E-state index in [2.05, 4.69) is 0 Å². The van der Waals surface area contributed by atoms with Gasteiger partial charge in [0.1, 0.15) is 5.60 Å². The lowest BCUT2D eigenvalue weighted by Crippen LogP contribution is -2.38. The van der Waals surface area contributed by atoms with Gasteiger partial charge in [-0.3, -0.25) is 0 Å². The monoisotopic (exact) mass is 172 g/mol. The number of hydrogen-bond donors (Lipinski definition) is 1. The Hall–Kier alpha value is -0.610. The van der Waals surface area contributed by atoms with Crippen LogP contribution in [0.15, 0.2) is 0 Å². The minimum atomic E-state index is -1.06. The van der Waals surface area contributed by atoms with Gasteiger partial charge in [0.25, 0.3) is 0 Å². The molecule has 2 rings (SSSR count). The second-order valence-corrected chi connectivity index (χ2v) is 4.06. The van der Waals surface area contributed by atoms with E-state index in [1.165, 1.54) is 0 Å². The van der Waals surface area contributed by atoms with Gasteiger partial charge in [0, 0.05) is 6.42 Å². The van der Waals surface area contributed by atoms with Crippen molar-refractivity contribution in [3.8, 4) is 0 Å². The Balaban J connectivity index is 2.31. The van der Waals surface area contributed by atoms with Gasteiger partial charge in [0.15, 0.2) is 0 Å². The Morgan fingerprint density at radius 2 is 2.25 bits per heavy atom. The van der Waals surface area contributed by atoms with E-state index in [-0.39, 0.29) is 5.92 Å². The first-order valence-electron chi connectivity index (χ1n) is 4.09. The first-order valence-corrected chi connectivity index (χ1v) is 4.09. The molecule has 2 fully saturated rings. The van der Waals surface area contributed by atoms with Crippen LogP contribution in [0.2, 0.25) is 0 Å². The maximum Gasteiger partial charge on any atom is 0.339 e. The van der Waals surface area contributed by atoms with Crippen LogP contribution in [0.3, 0.4) is 0 Å². The summed E-state index contributed by atoms with van der Waals surface area (Å²) in [5, 5.41) is 8.92. The molecule has 2 bridgehead atoms. The highest BCUT2D eigenvalue weighted by atomic mass is 17.2. The van der Waals surface area contributed by atoms with Crippen molar-refractivity contribution < 1.29 is 19.7 Å². The minimum Gasteiger partial charge on any atom is -0.479 e. The number of hydrogen-bond acceptors (Lipinski definition) is 3. The van der Waals surface area contributed by atoms with Crippen LogP contribution in [0.4, 0.5) is 0 Å². The molecule has 4 heteroatoms. The molecular formula is C8H12O4.